The molecule has 0 aliphatic carbocycles. The Hall–Kier alpha value is -4.54. The molecule has 2 aromatic carbocycles. The maximum atomic E-state index is 12.5. The summed E-state index contributed by atoms with van der Waals surface area (Å²) in [6.45, 7) is 0.184. The molecule has 4 aromatic rings. The van der Waals surface area contributed by atoms with E-state index in [-0.39, 0.29) is 24.7 Å². The number of rotatable bonds is 7. The average Bonchev–Trinajstić information content (AvgIpc) is 3.30. The van der Waals surface area contributed by atoms with E-state index >= 15 is 0 Å². The number of amides is 2. The van der Waals surface area contributed by atoms with Crippen molar-refractivity contribution < 1.29 is 9.59 Å². The van der Waals surface area contributed by atoms with Crippen molar-refractivity contribution in [1.82, 2.24) is 30.5 Å². The zero-order valence-corrected chi connectivity index (χ0v) is 16.9. The lowest BCUT2D eigenvalue weighted by atomic mass is 10.2. The van der Waals surface area contributed by atoms with Crippen LogP contribution in [0.15, 0.2) is 53.6 Å². The van der Waals surface area contributed by atoms with Gasteiger partial charge in [-0.15, -0.1) is 0 Å². The van der Waals surface area contributed by atoms with Gasteiger partial charge in [0.15, 0.2) is 11.6 Å². The van der Waals surface area contributed by atoms with Gasteiger partial charge in [-0.05, 0) is 35.9 Å². The SMILES string of the molecule is Nc1ccc2nc(C(=O)NCc3cccc(NC(=O)CCc4nc[nH]n4)c3)[nH]c(=O)c2c1. The van der Waals surface area contributed by atoms with Crippen LogP contribution in [-0.4, -0.2) is 37.0 Å². The summed E-state index contributed by atoms with van der Waals surface area (Å²) >= 11 is 0. The average molecular weight is 432 g/mol. The number of fused-ring (bicyclic) bond motifs is 1. The van der Waals surface area contributed by atoms with E-state index in [9.17, 15) is 14.4 Å². The number of H-pyrrole nitrogens is 2. The number of nitrogen functional groups attached to an aromatic ring is 1. The van der Waals surface area contributed by atoms with E-state index < -0.39 is 11.5 Å². The second-order valence-corrected chi connectivity index (χ2v) is 7.04. The summed E-state index contributed by atoms with van der Waals surface area (Å²) in [5, 5.41) is 12.4. The molecule has 11 nitrogen and oxygen atoms in total. The number of nitrogens with two attached hydrogens (primary N) is 1. The first-order valence-electron chi connectivity index (χ1n) is 9.79. The van der Waals surface area contributed by atoms with Gasteiger partial charge in [-0.1, -0.05) is 12.1 Å². The number of carbonyl (C=O) groups is 2. The molecule has 0 radical (unpaired) electrons. The highest BCUT2D eigenvalue weighted by Crippen LogP contribution is 2.13. The van der Waals surface area contributed by atoms with Gasteiger partial charge in [0.2, 0.25) is 5.91 Å². The van der Waals surface area contributed by atoms with Crippen LogP contribution in [0.5, 0.6) is 0 Å². The highest BCUT2D eigenvalue weighted by molar-refractivity contribution is 5.93. The Morgan fingerprint density at radius 3 is 2.81 bits per heavy atom. The molecule has 32 heavy (non-hydrogen) atoms. The highest BCUT2D eigenvalue weighted by atomic mass is 16.2. The molecule has 0 saturated carbocycles. The van der Waals surface area contributed by atoms with Crippen LogP contribution < -0.4 is 21.9 Å². The molecular weight excluding hydrogens is 412 g/mol. The Balaban J connectivity index is 1.37. The maximum Gasteiger partial charge on any atom is 0.287 e. The van der Waals surface area contributed by atoms with Gasteiger partial charge in [-0.2, -0.15) is 5.10 Å². The largest absolute Gasteiger partial charge is 0.399 e. The molecule has 0 bridgehead atoms. The normalized spacial score (nSPS) is 10.8. The number of hydrogen-bond acceptors (Lipinski definition) is 7. The standard InChI is InChI=1S/C21H20N8O3/c22-13-4-5-16-15(9-13)20(31)28-19(27-16)21(32)23-10-12-2-1-3-14(8-12)26-18(30)7-6-17-24-11-25-29-17/h1-5,8-9,11H,6-7,10,22H2,(H,23,32)(H,26,30)(H,24,25,29)(H,27,28,31). The predicted octanol–water partition coefficient (Wildman–Crippen LogP) is 1.12. The molecule has 0 unspecified atom stereocenters. The van der Waals surface area contributed by atoms with Crippen LogP contribution in [0.25, 0.3) is 10.9 Å². The van der Waals surface area contributed by atoms with Crippen LogP contribution in [0.3, 0.4) is 0 Å². The second-order valence-electron chi connectivity index (χ2n) is 7.04. The molecule has 0 aliphatic heterocycles. The van der Waals surface area contributed by atoms with Gasteiger partial charge in [-0.3, -0.25) is 19.5 Å². The summed E-state index contributed by atoms with van der Waals surface area (Å²) in [6.07, 6.45) is 2.13. The molecule has 162 valence electrons. The lowest BCUT2D eigenvalue weighted by Crippen LogP contribution is -2.27. The first kappa shape index (κ1) is 20.7. The van der Waals surface area contributed by atoms with Crippen molar-refractivity contribution in [3.05, 3.63) is 76.4 Å². The number of aromatic amines is 2. The minimum absolute atomic E-state index is 0.0938. The molecule has 0 saturated heterocycles. The summed E-state index contributed by atoms with van der Waals surface area (Å²) in [6, 6.07) is 11.8. The van der Waals surface area contributed by atoms with Crippen molar-refractivity contribution in [2.75, 3.05) is 11.1 Å². The summed E-state index contributed by atoms with van der Waals surface area (Å²) in [7, 11) is 0. The molecule has 0 spiro atoms. The Bertz CT molecular complexity index is 1330. The first-order valence-corrected chi connectivity index (χ1v) is 9.79. The number of nitrogens with one attached hydrogen (secondary N) is 4. The van der Waals surface area contributed by atoms with E-state index in [2.05, 4.69) is 35.8 Å². The van der Waals surface area contributed by atoms with Crippen molar-refractivity contribution in [3.63, 3.8) is 0 Å². The van der Waals surface area contributed by atoms with E-state index in [0.717, 1.165) is 5.56 Å². The van der Waals surface area contributed by atoms with Crippen LogP contribution >= 0.6 is 0 Å². The van der Waals surface area contributed by atoms with Crippen molar-refractivity contribution in [1.29, 1.82) is 0 Å². The number of anilines is 2. The zero-order chi connectivity index (χ0) is 22.5. The molecule has 4 rings (SSSR count). The van der Waals surface area contributed by atoms with Gasteiger partial charge >= 0.3 is 0 Å². The number of carbonyl (C=O) groups excluding carboxylic acids is 2. The number of aromatic nitrogens is 5. The molecule has 6 N–H and O–H groups in total. The van der Waals surface area contributed by atoms with Gasteiger partial charge in [-0.25, -0.2) is 9.97 Å². The van der Waals surface area contributed by atoms with E-state index in [4.69, 9.17) is 5.73 Å². The molecule has 2 heterocycles. The smallest absolute Gasteiger partial charge is 0.287 e. The van der Waals surface area contributed by atoms with E-state index in [1.165, 1.54) is 12.4 Å². The molecule has 11 heteroatoms. The van der Waals surface area contributed by atoms with Crippen molar-refractivity contribution in [3.8, 4) is 0 Å². The fraction of sp³-hybridized carbons (Fsp3) is 0.143. The van der Waals surface area contributed by atoms with E-state index in [1.807, 2.05) is 6.07 Å². The molecule has 0 fully saturated rings. The molecule has 0 atom stereocenters. The third-order valence-corrected chi connectivity index (χ3v) is 4.65. The Morgan fingerprint density at radius 2 is 2.00 bits per heavy atom. The van der Waals surface area contributed by atoms with Crippen LogP contribution in [0, 0.1) is 0 Å². The first-order chi connectivity index (χ1) is 15.5. The van der Waals surface area contributed by atoms with Gasteiger partial charge in [0.25, 0.3) is 11.5 Å². The number of aryl methyl sites for hydroxylation is 1. The fourth-order valence-corrected chi connectivity index (χ4v) is 3.09. The summed E-state index contributed by atoms with van der Waals surface area (Å²) in [4.78, 5) is 47.5. The minimum Gasteiger partial charge on any atom is -0.399 e. The third kappa shape index (κ3) is 4.95. The van der Waals surface area contributed by atoms with Gasteiger partial charge < -0.3 is 21.4 Å². The van der Waals surface area contributed by atoms with Crippen LogP contribution in [-0.2, 0) is 17.8 Å². The van der Waals surface area contributed by atoms with E-state index in [0.29, 0.717) is 34.5 Å². The Morgan fingerprint density at radius 1 is 1.12 bits per heavy atom. The van der Waals surface area contributed by atoms with Crippen LogP contribution in [0.2, 0.25) is 0 Å². The lowest BCUT2D eigenvalue weighted by molar-refractivity contribution is -0.116. The molecule has 2 amide bonds. The van der Waals surface area contributed by atoms with Crippen molar-refractivity contribution >= 4 is 34.1 Å². The van der Waals surface area contributed by atoms with Crippen LogP contribution in [0.1, 0.15) is 28.4 Å². The third-order valence-electron chi connectivity index (χ3n) is 4.65. The number of nitrogens with zero attached hydrogens (tertiary/aromatic N) is 3. The number of hydrogen-bond donors (Lipinski definition) is 5. The Labute approximate surface area is 181 Å². The fourth-order valence-electron chi connectivity index (χ4n) is 3.09. The zero-order valence-electron chi connectivity index (χ0n) is 16.9. The summed E-state index contributed by atoms with van der Waals surface area (Å²) < 4.78 is 0. The van der Waals surface area contributed by atoms with Gasteiger partial charge in [0.05, 0.1) is 10.9 Å². The topological polar surface area (TPSA) is 172 Å². The Kier molecular flexibility index (Phi) is 5.88. The van der Waals surface area contributed by atoms with Crippen molar-refractivity contribution in [2.24, 2.45) is 0 Å². The quantitative estimate of drug-likeness (QED) is 0.272. The van der Waals surface area contributed by atoms with Gasteiger partial charge in [0.1, 0.15) is 6.33 Å². The second kappa shape index (κ2) is 9.08. The molecule has 0 aliphatic rings. The maximum absolute atomic E-state index is 12.5. The molecule has 2 aromatic heterocycles. The highest BCUT2D eigenvalue weighted by Gasteiger charge is 2.12. The predicted molar refractivity (Wildman–Crippen MR) is 118 cm³/mol. The van der Waals surface area contributed by atoms with E-state index in [1.54, 1.807) is 30.3 Å². The summed E-state index contributed by atoms with van der Waals surface area (Å²) in [5.74, 6) is -0.222. The number of benzene rings is 2. The van der Waals surface area contributed by atoms with Gasteiger partial charge in [0, 0.05) is 30.8 Å². The van der Waals surface area contributed by atoms with Crippen LogP contribution in [0.4, 0.5) is 11.4 Å². The van der Waals surface area contributed by atoms with Crippen molar-refractivity contribution in [2.45, 2.75) is 19.4 Å². The monoisotopic (exact) mass is 432 g/mol. The summed E-state index contributed by atoms with van der Waals surface area (Å²) in [5.41, 5.74) is 7.43. The molecular formula is C21H20N8O3. The minimum atomic E-state index is -0.526. The lowest BCUT2D eigenvalue weighted by Gasteiger charge is -2.09.